The van der Waals surface area contributed by atoms with Crippen LogP contribution in [0.25, 0.3) is 5.69 Å². The highest BCUT2D eigenvalue weighted by Gasteiger charge is 2.18. The molecule has 7 nitrogen and oxygen atoms in total. The van der Waals surface area contributed by atoms with E-state index in [0.29, 0.717) is 12.1 Å². The second-order valence-electron chi connectivity index (χ2n) is 5.69. The molecule has 0 aliphatic carbocycles. The molecule has 0 fully saturated rings. The first-order valence-corrected chi connectivity index (χ1v) is 7.45. The van der Waals surface area contributed by atoms with Gasteiger partial charge < -0.3 is 10.0 Å². The number of carboxylic acids is 1. The molecule has 0 atom stereocenters. The van der Waals surface area contributed by atoms with Crippen LogP contribution in [0.4, 0.5) is 0 Å². The highest BCUT2D eigenvalue weighted by atomic mass is 16.4. The number of aromatic nitrogens is 3. The maximum atomic E-state index is 12.7. The molecule has 122 valence electrons. The number of carbonyl (C=O) groups is 2. The summed E-state index contributed by atoms with van der Waals surface area (Å²) in [4.78, 5) is 25.1. The Kier molecular flexibility index (Phi) is 5.46. The van der Waals surface area contributed by atoms with Gasteiger partial charge in [-0.25, -0.2) is 4.68 Å². The van der Waals surface area contributed by atoms with E-state index < -0.39 is 5.97 Å². The standard InChI is InChI=1S/C16H20N4O3/c1-12(2)11-19(8-6-15(21)22)16(23)13-4-3-5-14(10-13)20-9-7-17-18-20/h3-5,7,9-10,12H,6,8,11H2,1-2H3,(H,21,22). The third kappa shape index (κ3) is 4.64. The Labute approximate surface area is 134 Å². The first-order valence-electron chi connectivity index (χ1n) is 7.45. The fourth-order valence-corrected chi connectivity index (χ4v) is 2.26. The minimum atomic E-state index is -0.914. The quantitative estimate of drug-likeness (QED) is 0.842. The number of amides is 1. The fraction of sp³-hybridized carbons (Fsp3) is 0.375. The first-order chi connectivity index (χ1) is 11.0. The molecule has 0 bridgehead atoms. The Hall–Kier alpha value is -2.70. The van der Waals surface area contributed by atoms with Gasteiger partial charge in [0, 0.05) is 18.7 Å². The lowest BCUT2D eigenvalue weighted by Gasteiger charge is -2.24. The molecule has 1 aromatic carbocycles. The molecule has 0 unspecified atom stereocenters. The van der Waals surface area contributed by atoms with Crippen LogP contribution in [0.2, 0.25) is 0 Å². The molecule has 1 N–H and O–H groups in total. The van der Waals surface area contributed by atoms with Crippen LogP contribution in [0.3, 0.4) is 0 Å². The van der Waals surface area contributed by atoms with Crippen molar-refractivity contribution in [3.63, 3.8) is 0 Å². The minimum Gasteiger partial charge on any atom is -0.481 e. The molecule has 0 aliphatic heterocycles. The van der Waals surface area contributed by atoms with Gasteiger partial charge in [0.1, 0.15) is 0 Å². The number of rotatable bonds is 7. The lowest BCUT2D eigenvalue weighted by atomic mass is 10.1. The summed E-state index contributed by atoms with van der Waals surface area (Å²) in [6.07, 6.45) is 3.19. The molecular weight excluding hydrogens is 296 g/mol. The van der Waals surface area contributed by atoms with Crippen LogP contribution < -0.4 is 0 Å². The molecule has 0 aliphatic rings. The van der Waals surface area contributed by atoms with E-state index in [0.717, 1.165) is 5.69 Å². The molecule has 7 heteroatoms. The van der Waals surface area contributed by atoms with Crippen molar-refractivity contribution in [2.24, 2.45) is 5.92 Å². The maximum absolute atomic E-state index is 12.7. The van der Waals surface area contributed by atoms with Gasteiger partial charge in [0.05, 0.1) is 24.5 Å². The van der Waals surface area contributed by atoms with Crippen molar-refractivity contribution in [2.45, 2.75) is 20.3 Å². The minimum absolute atomic E-state index is 0.0682. The van der Waals surface area contributed by atoms with Crippen molar-refractivity contribution in [3.05, 3.63) is 42.2 Å². The summed E-state index contributed by atoms with van der Waals surface area (Å²) in [5.41, 5.74) is 1.24. The van der Waals surface area contributed by atoms with Gasteiger partial charge in [-0.05, 0) is 24.1 Å². The Morgan fingerprint density at radius 2 is 2.13 bits per heavy atom. The molecule has 0 spiro atoms. The van der Waals surface area contributed by atoms with Gasteiger partial charge in [0.2, 0.25) is 0 Å². The molecule has 0 saturated carbocycles. The number of carbonyl (C=O) groups excluding carboxylic acids is 1. The number of nitrogens with zero attached hydrogens (tertiary/aromatic N) is 4. The zero-order valence-electron chi connectivity index (χ0n) is 13.2. The second-order valence-corrected chi connectivity index (χ2v) is 5.69. The van der Waals surface area contributed by atoms with Crippen LogP contribution in [0.5, 0.6) is 0 Å². The van der Waals surface area contributed by atoms with Gasteiger partial charge in [0.25, 0.3) is 5.91 Å². The van der Waals surface area contributed by atoms with Crippen molar-refractivity contribution in [3.8, 4) is 5.69 Å². The van der Waals surface area contributed by atoms with Crippen LogP contribution in [0.15, 0.2) is 36.7 Å². The molecule has 2 aromatic rings. The molecule has 0 radical (unpaired) electrons. The molecule has 0 saturated heterocycles. The number of benzene rings is 1. The largest absolute Gasteiger partial charge is 0.481 e. The van der Waals surface area contributed by atoms with Gasteiger partial charge in [-0.15, -0.1) is 5.10 Å². The first kappa shape index (κ1) is 16.7. The van der Waals surface area contributed by atoms with E-state index >= 15 is 0 Å². The van der Waals surface area contributed by atoms with Gasteiger partial charge in [0.15, 0.2) is 0 Å². The summed E-state index contributed by atoms with van der Waals surface area (Å²) in [5.74, 6) is -0.837. The Morgan fingerprint density at radius 1 is 1.35 bits per heavy atom. The number of carboxylic acid groups (broad SMARTS) is 1. The summed E-state index contributed by atoms with van der Waals surface area (Å²) >= 11 is 0. The van der Waals surface area contributed by atoms with Crippen molar-refractivity contribution in [1.29, 1.82) is 0 Å². The van der Waals surface area contributed by atoms with Crippen LogP contribution >= 0.6 is 0 Å². The third-order valence-electron chi connectivity index (χ3n) is 3.25. The van der Waals surface area contributed by atoms with Gasteiger partial charge in [-0.3, -0.25) is 9.59 Å². The van der Waals surface area contributed by atoms with Crippen molar-refractivity contribution >= 4 is 11.9 Å². The van der Waals surface area contributed by atoms with E-state index in [9.17, 15) is 9.59 Å². The Morgan fingerprint density at radius 3 is 2.74 bits per heavy atom. The van der Waals surface area contributed by atoms with Crippen LogP contribution in [-0.4, -0.2) is 50.0 Å². The normalized spacial score (nSPS) is 10.7. The molecule has 1 aromatic heterocycles. The summed E-state index contributed by atoms with van der Waals surface area (Å²) in [5, 5.41) is 16.5. The molecule has 1 heterocycles. The van der Waals surface area contributed by atoms with E-state index in [1.807, 2.05) is 19.9 Å². The van der Waals surface area contributed by atoms with Gasteiger partial charge in [-0.2, -0.15) is 0 Å². The Balaban J connectivity index is 2.21. The lowest BCUT2D eigenvalue weighted by Crippen LogP contribution is -2.36. The summed E-state index contributed by atoms with van der Waals surface area (Å²) in [7, 11) is 0. The second kappa shape index (κ2) is 7.53. The zero-order chi connectivity index (χ0) is 16.8. The molecule has 2 rings (SSSR count). The average molecular weight is 316 g/mol. The smallest absolute Gasteiger partial charge is 0.305 e. The van der Waals surface area contributed by atoms with E-state index in [4.69, 9.17) is 5.11 Å². The predicted molar refractivity (Wildman–Crippen MR) is 84.4 cm³/mol. The van der Waals surface area contributed by atoms with E-state index in [2.05, 4.69) is 10.3 Å². The van der Waals surface area contributed by atoms with Crippen molar-refractivity contribution in [1.82, 2.24) is 19.9 Å². The van der Waals surface area contributed by atoms with Crippen LogP contribution in [0, 0.1) is 5.92 Å². The number of hydrogen-bond donors (Lipinski definition) is 1. The third-order valence-corrected chi connectivity index (χ3v) is 3.25. The predicted octanol–water partition coefficient (Wildman–Crippen LogP) is 1.84. The highest BCUT2D eigenvalue weighted by Crippen LogP contribution is 2.13. The fourth-order valence-electron chi connectivity index (χ4n) is 2.26. The zero-order valence-corrected chi connectivity index (χ0v) is 13.2. The van der Waals surface area contributed by atoms with Crippen LogP contribution in [-0.2, 0) is 4.79 Å². The summed E-state index contributed by atoms with van der Waals surface area (Å²) in [6.45, 7) is 4.69. The van der Waals surface area contributed by atoms with Crippen molar-refractivity contribution < 1.29 is 14.7 Å². The highest BCUT2D eigenvalue weighted by molar-refractivity contribution is 5.95. The van der Waals surface area contributed by atoms with Gasteiger partial charge >= 0.3 is 5.97 Å². The number of aliphatic carboxylic acids is 1. The summed E-state index contributed by atoms with van der Waals surface area (Å²) in [6, 6.07) is 7.05. The Bertz CT molecular complexity index is 668. The topological polar surface area (TPSA) is 88.3 Å². The maximum Gasteiger partial charge on any atom is 0.305 e. The lowest BCUT2D eigenvalue weighted by molar-refractivity contribution is -0.137. The summed E-state index contributed by atoms with van der Waals surface area (Å²) < 4.78 is 1.57. The monoisotopic (exact) mass is 316 g/mol. The number of hydrogen-bond acceptors (Lipinski definition) is 4. The van der Waals surface area contributed by atoms with E-state index in [1.54, 1.807) is 40.2 Å². The molecular formula is C16H20N4O3. The van der Waals surface area contributed by atoms with E-state index in [-0.39, 0.29) is 24.8 Å². The van der Waals surface area contributed by atoms with Crippen molar-refractivity contribution in [2.75, 3.05) is 13.1 Å². The average Bonchev–Trinajstić information content (AvgIpc) is 3.05. The SMILES string of the molecule is CC(C)CN(CCC(=O)O)C(=O)c1cccc(-n2ccnn2)c1. The molecule has 1 amide bonds. The van der Waals surface area contributed by atoms with E-state index in [1.165, 1.54) is 0 Å². The van der Waals surface area contributed by atoms with Crippen LogP contribution in [0.1, 0.15) is 30.6 Å². The van der Waals surface area contributed by atoms with Gasteiger partial charge in [-0.1, -0.05) is 25.1 Å². The molecule has 23 heavy (non-hydrogen) atoms.